The van der Waals surface area contributed by atoms with Crippen molar-refractivity contribution < 1.29 is 18.7 Å². The van der Waals surface area contributed by atoms with Gasteiger partial charge in [0.2, 0.25) is 0 Å². The summed E-state index contributed by atoms with van der Waals surface area (Å²) >= 11 is 6.75. The molecule has 30 heavy (non-hydrogen) atoms. The molecule has 3 aromatic carbocycles. The van der Waals surface area contributed by atoms with Crippen molar-refractivity contribution in [2.45, 2.75) is 6.61 Å². The molecule has 0 saturated carbocycles. The van der Waals surface area contributed by atoms with E-state index in [1.165, 1.54) is 12.1 Å². The maximum Gasteiger partial charge on any atom is 0.298 e. The van der Waals surface area contributed by atoms with E-state index >= 15 is 0 Å². The second-order valence-corrected chi connectivity index (χ2v) is 7.88. The zero-order chi connectivity index (χ0) is 21.1. The third-order valence-corrected chi connectivity index (χ3v) is 5.49. The van der Waals surface area contributed by atoms with E-state index in [9.17, 15) is 14.0 Å². The van der Waals surface area contributed by atoms with Crippen molar-refractivity contribution in [1.82, 2.24) is 0 Å². The Balaban J connectivity index is 1.57. The second kappa shape index (κ2) is 8.73. The summed E-state index contributed by atoms with van der Waals surface area (Å²) < 4.78 is 19.2. The molecule has 1 aliphatic heterocycles. The van der Waals surface area contributed by atoms with Crippen molar-refractivity contribution in [2.24, 2.45) is 0 Å². The van der Waals surface area contributed by atoms with Crippen molar-refractivity contribution in [3.05, 3.63) is 99.7 Å². The molecule has 3 aromatic rings. The van der Waals surface area contributed by atoms with Crippen LogP contribution in [0.15, 0.2) is 77.7 Å². The Hall–Kier alpha value is -3.09. The Morgan fingerprint density at radius 2 is 1.77 bits per heavy atom. The Kier molecular flexibility index (Phi) is 5.88. The van der Waals surface area contributed by atoms with Gasteiger partial charge < -0.3 is 4.74 Å². The SMILES string of the molecule is O=C1S/C(=C/c2ccccc2OCc2cccc(F)c2)C(=O)N1c1ccc(Cl)cc1. The summed E-state index contributed by atoms with van der Waals surface area (Å²) in [5, 5.41) is 0.136. The van der Waals surface area contributed by atoms with Gasteiger partial charge >= 0.3 is 0 Å². The standard InChI is InChI=1S/C23H15ClFNO3S/c24-17-8-10-19(11-9-17)26-22(27)21(30-23(26)28)13-16-5-1-2-7-20(16)29-14-15-4-3-6-18(25)12-15/h1-13H,14H2/b21-13+. The van der Waals surface area contributed by atoms with Gasteiger partial charge in [-0.05, 0) is 65.9 Å². The largest absolute Gasteiger partial charge is 0.488 e. The number of amides is 2. The number of carbonyl (C=O) groups excluding carboxylic acids is 2. The molecule has 0 unspecified atom stereocenters. The van der Waals surface area contributed by atoms with Crippen LogP contribution in [0.25, 0.3) is 6.08 Å². The number of hydrogen-bond acceptors (Lipinski definition) is 4. The van der Waals surface area contributed by atoms with Gasteiger partial charge in [-0.2, -0.15) is 0 Å². The fraction of sp³-hybridized carbons (Fsp3) is 0.0435. The highest BCUT2D eigenvalue weighted by atomic mass is 35.5. The fourth-order valence-electron chi connectivity index (χ4n) is 2.94. The van der Waals surface area contributed by atoms with E-state index in [0.29, 0.717) is 27.6 Å². The molecule has 1 saturated heterocycles. The Labute approximate surface area is 181 Å². The quantitative estimate of drug-likeness (QED) is 0.438. The van der Waals surface area contributed by atoms with Crippen LogP contribution in [0.5, 0.6) is 5.75 Å². The third kappa shape index (κ3) is 4.40. The number of para-hydroxylation sites is 1. The minimum Gasteiger partial charge on any atom is -0.488 e. The van der Waals surface area contributed by atoms with E-state index in [0.717, 1.165) is 16.7 Å². The lowest BCUT2D eigenvalue weighted by molar-refractivity contribution is -0.113. The van der Waals surface area contributed by atoms with E-state index in [-0.39, 0.29) is 22.6 Å². The Morgan fingerprint density at radius 1 is 1.00 bits per heavy atom. The van der Waals surface area contributed by atoms with Gasteiger partial charge in [0.1, 0.15) is 18.2 Å². The number of rotatable bonds is 5. The van der Waals surface area contributed by atoms with E-state index in [2.05, 4.69) is 0 Å². The summed E-state index contributed by atoms with van der Waals surface area (Å²) in [6, 6.07) is 19.8. The molecule has 0 spiro atoms. The van der Waals surface area contributed by atoms with Crippen LogP contribution < -0.4 is 9.64 Å². The van der Waals surface area contributed by atoms with Gasteiger partial charge in [-0.1, -0.05) is 41.9 Å². The molecule has 0 radical (unpaired) electrons. The number of anilines is 1. The second-order valence-electron chi connectivity index (χ2n) is 6.45. The Bertz CT molecular complexity index is 1150. The molecule has 0 bridgehead atoms. The predicted molar refractivity (Wildman–Crippen MR) is 117 cm³/mol. The van der Waals surface area contributed by atoms with Crippen molar-refractivity contribution in [3.63, 3.8) is 0 Å². The molecule has 4 rings (SSSR count). The van der Waals surface area contributed by atoms with Crippen LogP contribution >= 0.6 is 23.4 Å². The lowest BCUT2D eigenvalue weighted by atomic mass is 10.1. The summed E-state index contributed by atoms with van der Waals surface area (Å²) in [6.07, 6.45) is 1.63. The van der Waals surface area contributed by atoms with Crippen molar-refractivity contribution in [3.8, 4) is 5.75 Å². The summed E-state index contributed by atoms with van der Waals surface area (Å²) in [7, 11) is 0. The average Bonchev–Trinajstić information content (AvgIpc) is 3.01. The first-order chi connectivity index (χ1) is 14.5. The van der Waals surface area contributed by atoms with Crippen molar-refractivity contribution in [2.75, 3.05) is 4.90 Å². The van der Waals surface area contributed by atoms with Gasteiger partial charge in [0, 0.05) is 10.6 Å². The van der Waals surface area contributed by atoms with Crippen LogP contribution in [0.3, 0.4) is 0 Å². The zero-order valence-electron chi connectivity index (χ0n) is 15.5. The first-order valence-corrected chi connectivity index (χ1v) is 10.2. The summed E-state index contributed by atoms with van der Waals surface area (Å²) in [5.74, 6) is -0.215. The summed E-state index contributed by atoms with van der Waals surface area (Å²) in [6.45, 7) is 0.175. The van der Waals surface area contributed by atoms with Crippen LogP contribution in [-0.4, -0.2) is 11.1 Å². The lowest BCUT2D eigenvalue weighted by Gasteiger charge is -2.12. The number of thioether (sulfide) groups is 1. The van der Waals surface area contributed by atoms with E-state index < -0.39 is 5.91 Å². The summed E-state index contributed by atoms with van der Waals surface area (Å²) in [4.78, 5) is 26.7. The van der Waals surface area contributed by atoms with Gasteiger partial charge in [-0.3, -0.25) is 9.59 Å². The highest BCUT2D eigenvalue weighted by molar-refractivity contribution is 8.19. The minimum atomic E-state index is -0.410. The van der Waals surface area contributed by atoms with Crippen LogP contribution in [0.1, 0.15) is 11.1 Å². The van der Waals surface area contributed by atoms with Crippen LogP contribution in [0.2, 0.25) is 5.02 Å². The number of carbonyl (C=O) groups is 2. The minimum absolute atomic E-state index is 0.175. The smallest absolute Gasteiger partial charge is 0.298 e. The predicted octanol–water partition coefficient (Wildman–Crippen LogP) is 6.30. The molecule has 7 heteroatoms. The van der Waals surface area contributed by atoms with Crippen LogP contribution in [0.4, 0.5) is 14.9 Å². The topological polar surface area (TPSA) is 46.6 Å². The average molecular weight is 440 g/mol. The van der Waals surface area contributed by atoms with Crippen molar-refractivity contribution >= 4 is 46.3 Å². The Morgan fingerprint density at radius 3 is 2.53 bits per heavy atom. The highest BCUT2D eigenvalue weighted by Gasteiger charge is 2.36. The normalized spacial score (nSPS) is 15.1. The molecule has 2 amide bonds. The van der Waals surface area contributed by atoms with Gasteiger partial charge in [-0.15, -0.1) is 0 Å². The first-order valence-electron chi connectivity index (χ1n) is 9.01. The molecular weight excluding hydrogens is 425 g/mol. The van der Waals surface area contributed by atoms with Gasteiger partial charge in [0.15, 0.2) is 0 Å². The van der Waals surface area contributed by atoms with E-state index in [1.54, 1.807) is 60.7 Å². The molecule has 0 atom stereocenters. The summed E-state index contributed by atoms with van der Waals surface area (Å²) in [5.41, 5.74) is 1.80. The number of hydrogen-bond donors (Lipinski definition) is 0. The number of benzene rings is 3. The molecular formula is C23H15ClFNO3S. The molecule has 0 N–H and O–H groups in total. The molecule has 1 heterocycles. The third-order valence-electron chi connectivity index (χ3n) is 4.37. The van der Waals surface area contributed by atoms with Gasteiger partial charge in [0.25, 0.3) is 11.1 Å². The maximum atomic E-state index is 13.4. The molecule has 150 valence electrons. The molecule has 0 aromatic heterocycles. The van der Waals surface area contributed by atoms with Gasteiger partial charge in [0.05, 0.1) is 10.6 Å². The number of ether oxygens (including phenoxy) is 1. The first kappa shape index (κ1) is 20.2. The monoisotopic (exact) mass is 439 g/mol. The van der Waals surface area contributed by atoms with Gasteiger partial charge in [-0.25, -0.2) is 9.29 Å². The number of halogens is 2. The molecule has 0 aliphatic carbocycles. The fourth-order valence-corrected chi connectivity index (χ4v) is 3.90. The molecule has 1 fully saturated rings. The van der Waals surface area contributed by atoms with E-state index in [1.807, 2.05) is 6.07 Å². The van der Waals surface area contributed by atoms with Crippen LogP contribution in [0, 0.1) is 5.82 Å². The highest BCUT2D eigenvalue weighted by Crippen LogP contribution is 2.37. The maximum absolute atomic E-state index is 13.4. The molecule has 1 aliphatic rings. The molecule has 4 nitrogen and oxygen atoms in total. The number of imide groups is 1. The van der Waals surface area contributed by atoms with Crippen molar-refractivity contribution in [1.29, 1.82) is 0 Å². The number of nitrogens with zero attached hydrogens (tertiary/aromatic N) is 1. The lowest BCUT2D eigenvalue weighted by Crippen LogP contribution is -2.27. The van der Waals surface area contributed by atoms with Crippen LogP contribution in [-0.2, 0) is 11.4 Å². The van der Waals surface area contributed by atoms with E-state index in [4.69, 9.17) is 16.3 Å². The zero-order valence-corrected chi connectivity index (χ0v) is 17.1.